The van der Waals surface area contributed by atoms with Crippen LogP contribution in [0.1, 0.15) is 71.1 Å². The Labute approximate surface area is 210 Å². The lowest BCUT2D eigenvalue weighted by Crippen LogP contribution is -2.39. The van der Waals surface area contributed by atoms with Crippen LogP contribution in [0.2, 0.25) is 5.02 Å². The van der Waals surface area contributed by atoms with E-state index in [9.17, 15) is 19.1 Å². The number of hydrogen-bond acceptors (Lipinski definition) is 5. The topological polar surface area (TPSA) is 76.1 Å². The summed E-state index contributed by atoms with van der Waals surface area (Å²) in [7, 11) is 1.24. The number of halogens is 2. The summed E-state index contributed by atoms with van der Waals surface area (Å²) in [5, 5.41) is 10.1. The Morgan fingerprint density at radius 1 is 1.14 bits per heavy atom. The van der Waals surface area contributed by atoms with Crippen LogP contribution in [0.25, 0.3) is 0 Å². The number of carbonyl (C=O) groups is 2. The van der Waals surface area contributed by atoms with Crippen molar-refractivity contribution in [3.05, 3.63) is 63.4 Å². The molecule has 2 aliphatic rings. The van der Waals surface area contributed by atoms with Crippen molar-refractivity contribution in [1.29, 1.82) is 0 Å². The lowest BCUT2D eigenvalue weighted by molar-refractivity contribution is -0.138. The van der Waals surface area contributed by atoms with Gasteiger partial charge in [0, 0.05) is 17.1 Å². The second-order valence-corrected chi connectivity index (χ2v) is 10.0. The van der Waals surface area contributed by atoms with Crippen molar-refractivity contribution < 1.29 is 28.6 Å². The zero-order chi connectivity index (χ0) is 25.1. The lowest BCUT2D eigenvalue weighted by Gasteiger charge is -2.37. The zero-order valence-electron chi connectivity index (χ0n) is 20.1. The Morgan fingerprint density at radius 2 is 1.86 bits per heavy atom. The molecule has 1 aliphatic heterocycles. The van der Waals surface area contributed by atoms with E-state index in [2.05, 4.69) is 4.90 Å². The first-order valence-electron chi connectivity index (χ1n) is 12.0. The van der Waals surface area contributed by atoms with Gasteiger partial charge in [0.2, 0.25) is 0 Å². The highest BCUT2D eigenvalue weighted by atomic mass is 35.5. The van der Waals surface area contributed by atoms with Gasteiger partial charge in [0.25, 0.3) is 0 Å². The largest absolute Gasteiger partial charge is 0.493 e. The lowest BCUT2D eigenvalue weighted by atomic mass is 9.93. The normalized spacial score (nSPS) is 17.7. The third-order valence-electron chi connectivity index (χ3n) is 6.90. The fraction of sp³-hybridized carbons (Fsp3) is 0.481. The highest BCUT2D eigenvalue weighted by Crippen LogP contribution is 2.45. The van der Waals surface area contributed by atoms with E-state index in [0.717, 1.165) is 55.5 Å². The number of carboxylic acid groups (broad SMARTS) is 1. The average Bonchev–Trinajstić information content (AvgIpc) is 3.66. The maximum Gasteiger partial charge on any atom is 0.340 e. The Balaban J connectivity index is 1.40. The molecule has 6 nitrogen and oxygen atoms in total. The molecular formula is C27H31ClFNO5. The molecule has 1 unspecified atom stereocenters. The van der Waals surface area contributed by atoms with E-state index in [1.165, 1.54) is 13.2 Å². The van der Waals surface area contributed by atoms with Crippen LogP contribution in [-0.2, 0) is 9.53 Å². The number of benzene rings is 2. The average molecular weight is 504 g/mol. The van der Waals surface area contributed by atoms with Crippen molar-refractivity contribution in [1.82, 2.24) is 4.90 Å². The summed E-state index contributed by atoms with van der Waals surface area (Å²) in [6.45, 7) is 3.88. The molecule has 188 valence electrons. The molecular weight excluding hydrogens is 473 g/mol. The number of methoxy groups -OCH3 is 1. The van der Waals surface area contributed by atoms with E-state index in [1.54, 1.807) is 6.07 Å². The van der Waals surface area contributed by atoms with Gasteiger partial charge >= 0.3 is 11.9 Å². The van der Waals surface area contributed by atoms with Gasteiger partial charge in [-0.15, -0.1) is 0 Å². The third-order valence-corrected chi connectivity index (χ3v) is 7.12. The Kier molecular flexibility index (Phi) is 7.97. The number of aryl methyl sites for hydroxylation is 1. The minimum atomic E-state index is -0.844. The van der Waals surface area contributed by atoms with Gasteiger partial charge in [0.15, 0.2) is 0 Å². The fourth-order valence-corrected chi connectivity index (χ4v) is 5.19. The van der Waals surface area contributed by atoms with Gasteiger partial charge < -0.3 is 14.6 Å². The smallest absolute Gasteiger partial charge is 0.340 e. The van der Waals surface area contributed by atoms with E-state index < -0.39 is 17.8 Å². The summed E-state index contributed by atoms with van der Waals surface area (Å²) in [5.74, 6) is -1.11. The molecule has 0 bridgehead atoms. The molecule has 2 fully saturated rings. The zero-order valence-corrected chi connectivity index (χ0v) is 20.8. The van der Waals surface area contributed by atoms with Gasteiger partial charge in [0.05, 0.1) is 25.7 Å². The SMILES string of the molecule is COC(=O)c1cc(C2CC2)c(OCC2CCN(C(CC(=O)O)c3cc(C)cc(Cl)c3)CC2)cc1F. The molecule has 0 amide bonds. The van der Waals surface area contributed by atoms with Crippen LogP contribution in [-0.4, -0.2) is 48.8 Å². The monoisotopic (exact) mass is 503 g/mol. The molecule has 0 aromatic heterocycles. The summed E-state index contributed by atoms with van der Waals surface area (Å²) in [4.78, 5) is 25.7. The number of carbonyl (C=O) groups excluding carboxylic acids is 1. The summed E-state index contributed by atoms with van der Waals surface area (Å²) >= 11 is 6.24. The Hall–Kier alpha value is -2.64. The van der Waals surface area contributed by atoms with E-state index in [1.807, 2.05) is 25.1 Å². The first-order chi connectivity index (χ1) is 16.7. The maximum atomic E-state index is 14.5. The minimum absolute atomic E-state index is 0.0114. The van der Waals surface area contributed by atoms with Crippen LogP contribution in [0.4, 0.5) is 4.39 Å². The van der Waals surface area contributed by atoms with E-state index >= 15 is 0 Å². The standard InChI is InChI=1S/C27H31ClFNO5/c1-16-9-19(11-20(28)10-16)24(14-26(31)32)30-7-5-17(6-8-30)15-35-25-13-23(29)22(27(33)34-2)12-21(25)18-3-4-18/h9-13,17-18,24H,3-8,14-15H2,1-2H3,(H,31,32). The second-order valence-electron chi connectivity index (χ2n) is 9.60. The number of nitrogens with zero attached hydrogens (tertiary/aromatic N) is 1. The number of aliphatic carboxylic acids is 1. The van der Waals surface area contributed by atoms with Crippen molar-refractivity contribution in [3.8, 4) is 5.75 Å². The predicted octanol–water partition coefficient (Wildman–Crippen LogP) is 5.76. The van der Waals surface area contributed by atoms with Gasteiger partial charge in [-0.1, -0.05) is 17.7 Å². The quantitative estimate of drug-likeness (QED) is 0.438. The summed E-state index contributed by atoms with van der Waals surface area (Å²) in [5.41, 5.74) is 2.73. The van der Waals surface area contributed by atoms with Gasteiger partial charge in [0.1, 0.15) is 11.6 Å². The summed E-state index contributed by atoms with van der Waals surface area (Å²) < 4.78 is 25.3. The molecule has 1 atom stereocenters. The molecule has 1 aliphatic carbocycles. The van der Waals surface area contributed by atoms with Crippen molar-refractivity contribution in [2.75, 3.05) is 26.8 Å². The Morgan fingerprint density at radius 3 is 2.46 bits per heavy atom. The van der Waals surface area contributed by atoms with Crippen LogP contribution in [0.15, 0.2) is 30.3 Å². The number of likely N-dealkylation sites (tertiary alicyclic amines) is 1. The van der Waals surface area contributed by atoms with E-state index in [-0.39, 0.29) is 29.9 Å². The van der Waals surface area contributed by atoms with Crippen molar-refractivity contribution >= 4 is 23.5 Å². The molecule has 1 heterocycles. The minimum Gasteiger partial charge on any atom is -0.493 e. The third kappa shape index (κ3) is 6.33. The fourth-order valence-electron chi connectivity index (χ4n) is 4.90. The van der Waals surface area contributed by atoms with Crippen molar-refractivity contribution in [2.45, 2.75) is 51.0 Å². The summed E-state index contributed by atoms with van der Waals surface area (Å²) in [6, 6.07) is 8.35. The van der Waals surface area contributed by atoms with Gasteiger partial charge in [-0.3, -0.25) is 9.69 Å². The summed E-state index contributed by atoms with van der Waals surface area (Å²) in [6.07, 6.45) is 3.69. The molecule has 1 N–H and O–H groups in total. The molecule has 0 spiro atoms. The molecule has 35 heavy (non-hydrogen) atoms. The van der Waals surface area contributed by atoms with Crippen molar-refractivity contribution in [2.24, 2.45) is 5.92 Å². The Bertz CT molecular complexity index is 1070. The highest BCUT2D eigenvalue weighted by Gasteiger charge is 2.31. The number of rotatable bonds is 9. The van der Waals surface area contributed by atoms with Crippen LogP contribution in [0.3, 0.4) is 0 Å². The highest BCUT2D eigenvalue weighted by molar-refractivity contribution is 6.30. The van der Waals surface area contributed by atoms with Crippen molar-refractivity contribution in [3.63, 3.8) is 0 Å². The van der Waals surface area contributed by atoms with Gasteiger partial charge in [-0.05, 0) is 92.4 Å². The van der Waals surface area contributed by atoms with Crippen LogP contribution < -0.4 is 4.74 Å². The van der Waals surface area contributed by atoms with Crippen LogP contribution in [0.5, 0.6) is 5.75 Å². The predicted molar refractivity (Wildman–Crippen MR) is 131 cm³/mol. The number of piperidine rings is 1. The van der Waals surface area contributed by atoms with Crippen LogP contribution in [0, 0.1) is 18.7 Å². The first-order valence-corrected chi connectivity index (χ1v) is 12.4. The van der Waals surface area contributed by atoms with Gasteiger partial charge in [-0.25, -0.2) is 9.18 Å². The molecule has 2 aromatic rings. The van der Waals surface area contributed by atoms with E-state index in [0.29, 0.717) is 17.4 Å². The number of carboxylic acids is 1. The molecule has 4 rings (SSSR count). The molecule has 1 saturated heterocycles. The van der Waals surface area contributed by atoms with Gasteiger partial charge in [-0.2, -0.15) is 0 Å². The molecule has 2 aromatic carbocycles. The molecule has 1 saturated carbocycles. The van der Waals surface area contributed by atoms with E-state index in [4.69, 9.17) is 21.1 Å². The van der Waals surface area contributed by atoms with Crippen LogP contribution >= 0.6 is 11.6 Å². The molecule has 8 heteroatoms. The number of hydrogen-bond donors (Lipinski definition) is 1. The first kappa shape index (κ1) is 25.5. The maximum absolute atomic E-state index is 14.5. The molecule has 0 radical (unpaired) electrons. The number of esters is 1. The number of ether oxygens (including phenoxy) is 2. The second kappa shape index (κ2) is 11.0.